The molecule has 1 aliphatic heterocycles. The Labute approximate surface area is 293 Å². The lowest BCUT2D eigenvalue weighted by Gasteiger charge is -2.71. The maximum Gasteiger partial charge on any atom is 0.310 e. The highest BCUT2D eigenvalue weighted by atomic mass is 32.2. The van der Waals surface area contributed by atoms with Crippen LogP contribution in [0.1, 0.15) is 118 Å². The number of nitrogens with zero attached hydrogens (tertiary/aromatic N) is 3. The molecule has 4 fully saturated rings. The summed E-state index contributed by atoms with van der Waals surface area (Å²) >= 11 is 0. The molecule has 0 aromatic heterocycles. The first-order valence-corrected chi connectivity index (χ1v) is 20.3. The summed E-state index contributed by atoms with van der Waals surface area (Å²) in [6.07, 6.45) is 18.1. The van der Waals surface area contributed by atoms with E-state index in [1.807, 2.05) is 10.9 Å². The summed E-state index contributed by atoms with van der Waals surface area (Å²) in [6.45, 7) is 17.3. The van der Waals surface area contributed by atoms with Crippen molar-refractivity contribution in [1.29, 1.82) is 0 Å². The van der Waals surface area contributed by atoms with Crippen molar-refractivity contribution in [2.45, 2.75) is 113 Å². The zero-order valence-corrected chi connectivity index (χ0v) is 31.6. The number of allylic oxidation sites excluding steroid dienone is 2. The molecule has 7 rings (SSSR count). The topological polar surface area (TPSA) is 108 Å². The number of carboxylic acids is 1. The molecule has 9 heteroatoms. The number of hydrogen-bond donors (Lipinski definition) is 1. The van der Waals surface area contributed by atoms with Gasteiger partial charge in [0, 0.05) is 11.5 Å². The second-order valence-electron chi connectivity index (χ2n) is 18.7. The first-order valence-electron chi connectivity index (χ1n) is 18.4. The van der Waals surface area contributed by atoms with Gasteiger partial charge in [0.05, 0.1) is 16.8 Å². The van der Waals surface area contributed by atoms with Crippen LogP contribution in [0.3, 0.4) is 0 Å². The van der Waals surface area contributed by atoms with Gasteiger partial charge in [0.25, 0.3) is 5.70 Å². The van der Waals surface area contributed by atoms with Gasteiger partial charge in [-0.15, -0.1) is 4.68 Å². The Balaban J connectivity index is 1.14. The zero-order valence-electron chi connectivity index (χ0n) is 30.8. The summed E-state index contributed by atoms with van der Waals surface area (Å²) in [5.74, 6) is 1.32. The van der Waals surface area contributed by atoms with Gasteiger partial charge in [-0.3, -0.25) is 4.79 Å². The van der Waals surface area contributed by atoms with Crippen LogP contribution in [0.15, 0.2) is 52.5 Å². The third-order valence-electron chi connectivity index (χ3n) is 15.4. The van der Waals surface area contributed by atoms with E-state index in [9.17, 15) is 18.3 Å². The average Bonchev–Trinajstić information content (AvgIpc) is 3.47. The zero-order chi connectivity index (χ0) is 35.4. The minimum Gasteiger partial charge on any atom is -0.481 e. The molecule has 4 saturated carbocycles. The highest BCUT2D eigenvalue weighted by Crippen LogP contribution is 2.76. The van der Waals surface area contributed by atoms with Crippen molar-refractivity contribution in [3.8, 4) is 5.75 Å². The predicted octanol–water partition coefficient (Wildman–Crippen LogP) is 9.29. The fourth-order valence-corrected chi connectivity index (χ4v) is 12.9. The Kier molecular flexibility index (Phi) is 7.84. The molecule has 5 aliphatic carbocycles. The van der Waals surface area contributed by atoms with Gasteiger partial charge in [-0.2, -0.15) is 8.42 Å². The van der Waals surface area contributed by atoms with E-state index >= 15 is 0 Å². The van der Waals surface area contributed by atoms with Crippen molar-refractivity contribution in [3.05, 3.63) is 47.7 Å². The van der Waals surface area contributed by atoms with E-state index in [1.54, 1.807) is 24.3 Å². The molecule has 6 aliphatic rings. The van der Waals surface area contributed by atoms with E-state index in [1.165, 1.54) is 24.8 Å². The number of hydrogen-bond acceptors (Lipinski definition) is 6. The van der Waals surface area contributed by atoms with E-state index < -0.39 is 21.5 Å². The number of benzene rings is 1. The second kappa shape index (κ2) is 11.1. The first-order chi connectivity index (χ1) is 22.7. The standard InChI is InChI=1S/C40H55N3O5S/c1-35(2)19-21-40(34(44)45)22-20-38(6)29(30(40)23-35)13-14-33-37(5)17-15-27(36(3,4)32(37)16-18-39(33,38)7)24-43-25-31(41-42-43)26-9-11-28(12-10-26)48-49(8,46)47/h9-13,24-25,27,30,32-33H,14-23H2,1-8H3/p+1/b43-24-/t27?,30?,32?,33?,37-,38+,39+,40-/m0/s1. The van der Waals surface area contributed by atoms with Gasteiger partial charge in [0.15, 0.2) is 6.20 Å². The van der Waals surface area contributed by atoms with Gasteiger partial charge >= 0.3 is 16.1 Å². The minimum atomic E-state index is -3.58. The van der Waals surface area contributed by atoms with Crippen molar-refractivity contribution in [2.24, 2.45) is 66.5 Å². The monoisotopic (exact) mass is 690 g/mol. The molecule has 0 amide bonds. The highest BCUT2D eigenvalue weighted by Gasteiger charge is 2.69. The third-order valence-corrected chi connectivity index (χ3v) is 15.9. The van der Waals surface area contributed by atoms with Crippen LogP contribution in [0.5, 0.6) is 5.75 Å². The van der Waals surface area contributed by atoms with Crippen LogP contribution in [0.2, 0.25) is 0 Å². The van der Waals surface area contributed by atoms with Crippen LogP contribution in [0.25, 0.3) is 5.70 Å². The van der Waals surface area contributed by atoms with E-state index in [-0.39, 0.29) is 38.7 Å². The van der Waals surface area contributed by atoms with Crippen molar-refractivity contribution >= 4 is 28.0 Å². The van der Waals surface area contributed by atoms with Gasteiger partial charge < -0.3 is 9.29 Å². The number of carboxylic acid groups (broad SMARTS) is 1. The van der Waals surface area contributed by atoms with E-state index in [2.05, 4.69) is 71.1 Å². The quantitative estimate of drug-likeness (QED) is 0.188. The molecule has 8 atom stereocenters. The van der Waals surface area contributed by atoms with Gasteiger partial charge in [-0.25, -0.2) is 0 Å². The molecule has 1 aromatic carbocycles. The maximum atomic E-state index is 13.0. The molecular formula is C40H56N3O5S+. The molecule has 266 valence electrons. The largest absolute Gasteiger partial charge is 0.481 e. The van der Waals surface area contributed by atoms with E-state index in [0.717, 1.165) is 62.5 Å². The molecule has 0 saturated heterocycles. The Morgan fingerprint density at radius 1 is 0.939 bits per heavy atom. The molecule has 0 spiro atoms. The molecule has 1 aromatic rings. The van der Waals surface area contributed by atoms with Crippen LogP contribution in [-0.4, -0.2) is 36.6 Å². The van der Waals surface area contributed by atoms with Crippen molar-refractivity contribution < 1.29 is 27.2 Å². The van der Waals surface area contributed by atoms with Gasteiger partial charge in [0.2, 0.25) is 0 Å². The van der Waals surface area contributed by atoms with Crippen LogP contribution < -0.4 is 4.18 Å². The van der Waals surface area contributed by atoms with E-state index in [0.29, 0.717) is 17.8 Å². The second-order valence-corrected chi connectivity index (χ2v) is 20.3. The van der Waals surface area contributed by atoms with Crippen LogP contribution in [-0.2, 0) is 14.9 Å². The number of rotatable bonds is 5. The average molecular weight is 691 g/mol. The van der Waals surface area contributed by atoms with E-state index in [4.69, 9.17) is 4.18 Å². The third kappa shape index (κ3) is 5.29. The molecule has 0 bridgehead atoms. The molecule has 0 radical (unpaired) electrons. The Morgan fingerprint density at radius 2 is 1.63 bits per heavy atom. The summed E-state index contributed by atoms with van der Waals surface area (Å²) in [4.78, 5) is 13.0. The molecule has 1 heterocycles. The molecular weight excluding hydrogens is 635 g/mol. The Morgan fingerprint density at radius 3 is 2.31 bits per heavy atom. The lowest BCUT2D eigenvalue weighted by atomic mass is 9.33. The smallest absolute Gasteiger partial charge is 0.310 e. The highest BCUT2D eigenvalue weighted by molar-refractivity contribution is 7.86. The fourth-order valence-electron chi connectivity index (χ4n) is 12.4. The van der Waals surface area contributed by atoms with Crippen molar-refractivity contribution in [1.82, 2.24) is 0 Å². The molecule has 4 unspecified atom stereocenters. The SMILES string of the molecule is CC1(C)CC[C@]2(C(=O)O)CC[C@]3(C)C(=CCC4[C@@]5(C)CCC(/C=[N+]6/C=C(c7ccc(OS(C)(=O)=O)cc7)N=N6)C(C)(C)C5CC[C@]43C)C2C1. The summed E-state index contributed by atoms with van der Waals surface area (Å²) < 4.78 is 29.8. The number of aliphatic carboxylic acids is 1. The summed E-state index contributed by atoms with van der Waals surface area (Å²) in [5.41, 5.74) is 3.08. The van der Waals surface area contributed by atoms with Crippen molar-refractivity contribution in [3.63, 3.8) is 0 Å². The Bertz CT molecular complexity index is 1790. The van der Waals surface area contributed by atoms with Gasteiger partial charge in [0.1, 0.15) is 17.2 Å². The molecule has 1 N–H and O–H groups in total. The first kappa shape index (κ1) is 34.6. The van der Waals surface area contributed by atoms with Crippen LogP contribution >= 0.6 is 0 Å². The Hall–Kier alpha value is -2.81. The van der Waals surface area contributed by atoms with Crippen LogP contribution in [0, 0.1) is 56.2 Å². The lowest BCUT2D eigenvalue weighted by Crippen LogP contribution is -2.64. The van der Waals surface area contributed by atoms with Crippen molar-refractivity contribution in [2.75, 3.05) is 6.26 Å². The summed E-state index contributed by atoms with van der Waals surface area (Å²) in [7, 11) is -3.58. The van der Waals surface area contributed by atoms with Crippen LogP contribution in [0.4, 0.5) is 0 Å². The predicted molar refractivity (Wildman–Crippen MR) is 191 cm³/mol. The normalized spacial score (nSPS) is 41.4. The lowest BCUT2D eigenvalue weighted by molar-refractivity contribution is -0.462. The molecule has 49 heavy (non-hydrogen) atoms. The number of fused-ring (bicyclic) bond motifs is 7. The van der Waals surface area contributed by atoms with Gasteiger partial charge in [-0.05, 0) is 133 Å². The van der Waals surface area contributed by atoms with Gasteiger partial charge in [-0.1, -0.05) is 60.1 Å². The fraction of sp³-hybridized carbons (Fsp3) is 0.700. The summed E-state index contributed by atoms with van der Waals surface area (Å²) in [5, 5.41) is 19.6. The summed E-state index contributed by atoms with van der Waals surface area (Å²) in [6, 6.07) is 6.88. The maximum absolute atomic E-state index is 13.0. The molecule has 8 nitrogen and oxygen atoms in total. The number of carbonyl (C=O) groups is 1. The minimum absolute atomic E-state index is 0.0281.